The monoisotopic (exact) mass is 967 g/mol. The van der Waals surface area contributed by atoms with Gasteiger partial charge in [0.05, 0.1) is 8.65 Å². The summed E-state index contributed by atoms with van der Waals surface area (Å²) in [4.78, 5) is 0. The standard InChI is InChI=1S/C14H10Br10/c1-2-9(15)10(16,8-6-4-3-5-7-8)12(19,20)14(23,24)13(21,22)11(9,17)18/h3-7H,2H2,1H3. The van der Waals surface area contributed by atoms with Gasteiger partial charge in [0, 0.05) is 0 Å². The second-order valence-electron chi connectivity index (χ2n) is 5.48. The first-order valence-corrected chi connectivity index (χ1v) is 14.5. The summed E-state index contributed by atoms with van der Waals surface area (Å²) in [7, 11) is 0. The van der Waals surface area contributed by atoms with Gasteiger partial charge in [0.2, 0.25) is 0 Å². The molecule has 1 aliphatic rings. The molecule has 0 radical (unpaired) electrons. The average Bonchev–Trinajstić information content (AvgIpc) is 2.52. The van der Waals surface area contributed by atoms with E-state index in [1.807, 2.05) is 18.2 Å². The highest BCUT2D eigenvalue weighted by molar-refractivity contribution is 9.35. The first-order chi connectivity index (χ1) is 10.7. The van der Waals surface area contributed by atoms with Gasteiger partial charge >= 0.3 is 0 Å². The number of alkyl halides is 10. The molecule has 1 aromatic carbocycles. The summed E-state index contributed by atoms with van der Waals surface area (Å²) in [5.41, 5.74) is 1.11. The minimum absolute atomic E-state index is 0.487. The van der Waals surface area contributed by atoms with E-state index in [2.05, 4.69) is 178 Å². The van der Waals surface area contributed by atoms with Crippen molar-refractivity contribution in [2.24, 2.45) is 0 Å². The van der Waals surface area contributed by atoms with Crippen molar-refractivity contribution >= 4 is 159 Å². The fraction of sp³-hybridized carbons (Fsp3) is 0.571. The molecular formula is C14H10Br10. The van der Waals surface area contributed by atoms with Crippen molar-refractivity contribution in [2.75, 3.05) is 0 Å². The van der Waals surface area contributed by atoms with E-state index in [9.17, 15) is 0 Å². The van der Waals surface area contributed by atoms with Crippen LogP contribution >= 0.6 is 159 Å². The minimum atomic E-state index is -0.682. The fourth-order valence-corrected chi connectivity index (χ4v) is 15.0. The minimum Gasteiger partial charge on any atom is -0.0808 e. The second-order valence-corrected chi connectivity index (χ2v) is 21.8. The number of halogens is 10. The molecule has 136 valence electrons. The van der Waals surface area contributed by atoms with Crippen LogP contribution in [0.1, 0.15) is 18.9 Å². The Labute approximate surface area is 226 Å². The van der Waals surface area contributed by atoms with Crippen molar-refractivity contribution < 1.29 is 0 Å². The maximum atomic E-state index is 4.11. The lowest BCUT2D eigenvalue weighted by molar-refractivity contribution is 0.317. The third-order valence-electron chi connectivity index (χ3n) is 4.32. The lowest BCUT2D eigenvalue weighted by Crippen LogP contribution is -2.78. The molecule has 2 atom stereocenters. The second kappa shape index (κ2) is 7.61. The highest BCUT2D eigenvalue weighted by atomic mass is 79.9. The normalized spacial score (nSPS) is 36.3. The molecule has 1 aliphatic carbocycles. The largest absolute Gasteiger partial charge is 0.134 e. The van der Waals surface area contributed by atoms with E-state index in [1.54, 1.807) is 0 Å². The van der Waals surface area contributed by atoms with E-state index in [1.165, 1.54) is 0 Å². The van der Waals surface area contributed by atoms with Gasteiger partial charge in [-0.05, 0) is 12.0 Å². The van der Waals surface area contributed by atoms with Crippen LogP contribution in [0.5, 0.6) is 0 Å². The molecule has 0 aromatic heterocycles. The predicted octanol–water partition coefficient (Wildman–Crippen LogP) is 9.78. The molecule has 0 heterocycles. The molecule has 0 aliphatic heterocycles. The van der Waals surface area contributed by atoms with Gasteiger partial charge in [-0.2, -0.15) is 0 Å². The SMILES string of the molecule is CCC1(Br)C(Br)(Br)C(Br)(Br)C(Br)(Br)C(Br)(Br)C1(Br)c1ccccc1. The van der Waals surface area contributed by atoms with E-state index >= 15 is 0 Å². The molecule has 1 aromatic rings. The summed E-state index contributed by atoms with van der Waals surface area (Å²) >= 11 is 39.5. The summed E-state index contributed by atoms with van der Waals surface area (Å²) in [5.74, 6) is 0. The molecule has 2 unspecified atom stereocenters. The Morgan fingerprint density at radius 2 is 1.04 bits per heavy atom. The van der Waals surface area contributed by atoms with Crippen LogP contribution < -0.4 is 0 Å². The quantitative estimate of drug-likeness (QED) is 0.259. The molecule has 1 fully saturated rings. The molecule has 0 saturated heterocycles. The zero-order valence-corrected chi connectivity index (χ0v) is 27.7. The fourth-order valence-electron chi connectivity index (χ4n) is 2.87. The van der Waals surface area contributed by atoms with E-state index in [-0.39, 0.29) is 0 Å². The predicted molar refractivity (Wildman–Crippen MR) is 141 cm³/mol. The molecule has 0 spiro atoms. The Hall–Kier alpha value is 4.02. The van der Waals surface area contributed by atoms with Crippen LogP contribution in [0.2, 0.25) is 0 Å². The summed E-state index contributed by atoms with van der Waals surface area (Å²) in [6.07, 6.45) is 0.803. The number of hydrogen-bond donors (Lipinski definition) is 0. The molecule has 0 N–H and O–H groups in total. The summed E-state index contributed by atoms with van der Waals surface area (Å²) < 4.78 is -3.70. The van der Waals surface area contributed by atoms with Crippen LogP contribution in [-0.4, -0.2) is 17.3 Å². The Morgan fingerprint density at radius 3 is 1.46 bits per heavy atom. The van der Waals surface area contributed by atoms with Crippen LogP contribution in [-0.2, 0) is 4.32 Å². The lowest BCUT2D eigenvalue weighted by atomic mass is 9.73. The van der Waals surface area contributed by atoms with Gasteiger partial charge < -0.3 is 0 Å². The van der Waals surface area contributed by atoms with Crippen molar-refractivity contribution in [3.63, 3.8) is 0 Å². The maximum Gasteiger partial charge on any atom is 0.134 e. The van der Waals surface area contributed by atoms with Gasteiger partial charge in [0.1, 0.15) is 12.9 Å². The number of rotatable bonds is 2. The van der Waals surface area contributed by atoms with E-state index < -0.39 is 21.6 Å². The number of benzene rings is 1. The van der Waals surface area contributed by atoms with Gasteiger partial charge in [-0.25, -0.2) is 0 Å². The van der Waals surface area contributed by atoms with E-state index in [0.29, 0.717) is 0 Å². The topological polar surface area (TPSA) is 0 Å². The van der Waals surface area contributed by atoms with E-state index in [4.69, 9.17) is 0 Å². The molecule has 0 nitrogen and oxygen atoms in total. The van der Waals surface area contributed by atoms with Crippen LogP contribution in [0.4, 0.5) is 0 Å². The van der Waals surface area contributed by atoms with Gasteiger partial charge in [-0.3, -0.25) is 0 Å². The highest BCUT2D eigenvalue weighted by Gasteiger charge is 2.84. The van der Waals surface area contributed by atoms with Gasteiger partial charge in [0.15, 0.2) is 0 Å². The molecule has 0 bridgehead atoms. The van der Waals surface area contributed by atoms with Gasteiger partial charge in [0.25, 0.3) is 0 Å². The third kappa shape index (κ3) is 2.89. The summed E-state index contributed by atoms with van der Waals surface area (Å²) in [6.45, 7) is 2.15. The zero-order chi connectivity index (χ0) is 18.8. The molecular weight excluding hydrogens is 967 g/mol. The molecule has 1 saturated carbocycles. The van der Waals surface area contributed by atoms with Crippen molar-refractivity contribution in [3.05, 3.63) is 35.9 Å². The first kappa shape index (κ1) is 24.3. The van der Waals surface area contributed by atoms with Gasteiger partial charge in [-0.15, -0.1) is 0 Å². The molecule has 24 heavy (non-hydrogen) atoms. The summed E-state index contributed by atoms with van der Waals surface area (Å²) in [6, 6.07) is 10.3. The molecule has 2 rings (SSSR count). The zero-order valence-electron chi connectivity index (χ0n) is 11.9. The van der Waals surface area contributed by atoms with Crippen LogP contribution in [0.15, 0.2) is 30.3 Å². The van der Waals surface area contributed by atoms with Crippen LogP contribution in [0.25, 0.3) is 0 Å². The molecule has 10 heteroatoms. The first-order valence-electron chi connectivity index (χ1n) is 6.61. The van der Waals surface area contributed by atoms with Crippen LogP contribution in [0, 0.1) is 0 Å². The van der Waals surface area contributed by atoms with Crippen LogP contribution in [0.3, 0.4) is 0 Å². The Bertz CT molecular complexity index is 626. The number of hydrogen-bond acceptors (Lipinski definition) is 0. The van der Waals surface area contributed by atoms with Crippen molar-refractivity contribution in [1.82, 2.24) is 0 Å². The van der Waals surface area contributed by atoms with E-state index in [0.717, 1.165) is 12.0 Å². The molecule has 0 amide bonds. The average molecular weight is 977 g/mol. The summed E-state index contributed by atoms with van der Waals surface area (Å²) in [5, 5.41) is 0. The smallest absolute Gasteiger partial charge is 0.0808 e. The Morgan fingerprint density at radius 1 is 0.625 bits per heavy atom. The lowest BCUT2D eigenvalue weighted by Gasteiger charge is -2.68. The van der Waals surface area contributed by atoms with Crippen molar-refractivity contribution in [3.8, 4) is 0 Å². The van der Waals surface area contributed by atoms with Gasteiger partial charge in [-0.1, -0.05) is 197 Å². The van der Waals surface area contributed by atoms with Crippen molar-refractivity contribution in [2.45, 2.75) is 34.9 Å². The highest BCUT2D eigenvalue weighted by Crippen LogP contribution is 2.83. The third-order valence-corrected chi connectivity index (χ3v) is 26.5. The Balaban J connectivity index is 2.96. The van der Waals surface area contributed by atoms with Crippen molar-refractivity contribution in [1.29, 1.82) is 0 Å². The maximum absolute atomic E-state index is 4.11. The Kier molecular flexibility index (Phi) is 7.71.